The van der Waals surface area contributed by atoms with Gasteiger partial charge >= 0.3 is 0 Å². The van der Waals surface area contributed by atoms with E-state index in [0.717, 1.165) is 40.8 Å². The van der Waals surface area contributed by atoms with E-state index in [1.165, 1.54) is 12.1 Å². The second kappa shape index (κ2) is 6.92. The number of hydrogen-bond acceptors (Lipinski definition) is 4. The van der Waals surface area contributed by atoms with E-state index >= 15 is 0 Å². The van der Waals surface area contributed by atoms with Crippen molar-refractivity contribution in [2.75, 3.05) is 5.32 Å². The van der Waals surface area contributed by atoms with Gasteiger partial charge in [-0.3, -0.25) is 0 Å². The number of nitrogens with zero attached hydrogens (tertiary/aromatic N) is 3. The van der Waals surface area contributed by atoms with Crippen LogP contribution in [0.25, 0.3) is 22.3 Å². The van der Waals surface area contributed by atoms with Crippen molar-refractivity contribution in [1.29, 1.82) is 0 Å². The molecule has 0 radical (unpaired) electrons. The quantitative estimate of drug-likeness (QED) is 0.541. The van der Waals surface area contributed by atoms with Crippen molar-refractivity contribution in [3.8, 4) is 11.3 Å². The third kappa shape index (κ3) is 3.26. The Kier molecular flexibility index (Phi) is 4.31. The fourth-order valence-electron chi connectivity index (χ4n) is 2.94. The smallest absolute Gasteiger partial charge is 0.227 e. The average Bonchev–Trinajstić information content (AvgIpc) is 3.06. The maximum absolute atomic E-state index is 13.5. The SMILES string of the molecule is CCCc1cc(-c2c[nH]c3ncccc23)nc(Nc2cccc(F)c2)n1. The molecular weight excluding hydrogens is 329 g/mol. The number of H-pyrrole nitrogens is 1. The largest absolute Gasteiger partial charge is 0.345 e. The summed E-state index contributed by atoms with van der Waals surface area (Å²) in [6.07, 6.45) is 5.48. The highest BCUT2D eigenvalue weighted by Crippen LogP contribution is 2.28. The molecule has 5 nitrogen and oxygen atoms in total. The van der Waals surface area contributed by atoms with E-state index in [1.54, 1.807) is 18.3 Å². The fourth-order valence-corrected chi connectivity index (χ4v) is 2.94. The average molecular weight is 347 g/mol. The molecule has 1 aromatic carbocycles. The summed E-state index contributed by atoms with van der Waals surface area (Å²) in [5.74, 6) is 0.150. The van der Waals surface area contributed by atoms with Gasteiger partial charge in [-0.15, -0.1) is 0 Å². The second-order valence-electron chi connectivity index (χ2n) is 6.06. The van der Waals surface area contributed by atoms with Crippen LogP contribution in [0, 0.1) is 5.82 Å². The van der Waals surface area contributed by atoms with Crippen molar-refractivity contribution in [3.05, 3.63) is 66.4 Å². The van der Waals surface area contributed by atoms with E-state index in [2.05, 4.69) is 32.2 Å². The van der Waals surface area contributed by atoms with Crippen LogP contribution in [0.2, 0.25) is 0 Å². The molecule has 4 rings (SSSR count). The molecule has 3 heterocycles. The number of nitrogens with one attached hydrogen (secondary N) is 2. The van der Waals surface area contributed by atoms with Crippen molar-refractivity contribution in [3.63, 3.8) is 0 Å². The Labute approximate surface area is 150 Å². The molecule has 3 aromatic heterocycles. The number of aryl methyl sites for hydroxylation is 1. The van der Waals surface area contributed by atoms with E-state index in [-0.39, 0.29) is 5.82 Å². The van der Waals surface area contributed by atoms with Crippen molar-refractivity contribution in [2.24, 2.45) is 0 Å². The lowest BCUT2D eigenvalue weighted by molar-refractivity contribution is 0.628. The Bertz CT molecular complexity index is 1060. The Balaban J connectivity index is 1.78. The summed E-state index contributed by atoms with van der Waals surface area (Å²) < 4.78 is 13.5. The molecule has 4 aromatic rings. The molecule has 0 bridgehead atoms. The number of pyridine rings is 1. The molecule has 6 heteroatoms. The Morgan fingerprint density at radius 1 is 1.12 bits per heavy atom. The number of anilines is 2. The Morgan fingerprint density at radius 3 is 2.88 bits per heavy atom. The Morgan fingerprint density at radius 2 is 2.04 bits per heavy atom. The molecular formula is C20H18FN5. The van der Waals surface area contributed by atoms with E-state index in [9.17, 15) is 4.39 Å². The maximum atomic E-state index is 13.5. The zero-order valence-electron chi connectivity index (χ0n) is 14.3. The molecule has 2 N–H and O–H groups in total. The summed E-state index contributed by atoms with van der Waals surface area (Å²) in [5, 5.41) is 4.11. The van der Waals surface area contributed by atoms with E-state index in [0.29, 0.717) is 11.6 Å². The van der Waals surface area contributed by atoms with Gasteiger partial charge in [-0.25, -0.2) is 19.3 Å². The lowest BCUT2D eigenvalue weighted by atomic mass is 10.1. The fraction of sp³-hybridized carbons (Fsp3) is 0.150. The van der Waals surface area contributed by atoms with Crippen LogP contribution in [0.3, 0.4) is 0 Å². The van der Waals surface area contributed by atoms with Gasteiger partial charge in [0, 0.05) is 34.7 Å². The third-order valence-electron chi connectivity index (χ3n) is 4.09. The minimum absolute atomic E-state index is 0.303. The number of hydrogen-bond donors (Lipinski definition) is 2. The predicted molar refractivity (Wildman–Crippen MR) is 101 cm³/mol. The summed E-state index contributed by atoms with van der Waals surface area (Å²) in [7, 11) is 0. The third-order valence-corrected chi connectivity index (χ3v) is 4.09. The van der Waals surface area contributed by atoms with Crippen LogP contribution < -0.4 is 5.32 Å². The molecule has 0 amide bonds. The minimum atomic E-state index is -0.303. The van der Waals surface area contributed by atoms with Gasteiger partial charge in [0.05, 0.1) is 5.69 Å². The first-order valence-corrected chi connectivity index (χ1v) is 8.56. The molecule has 0 fully saturated rings. The van der Waals surface area contributed by atoms with Gasteiger partial charge in [-0.1, -0.05) is 19.4 Å². The molecule has 0 aliphatic rings. The van der Waals surface area contributed by atoms with Crippen LogP contribution in [0.1, 0.15) is 19.0 Å². The van der Waals surface area contributed by atoms with Gasteiger partial charge in [-0.2, -0.15) is 0 Å². The molecule has 0 spiro atoms. The standard InChI is InChI=1S/C20H18FN5/c1-2-5-14-11-18(17-12-23-19-16(17)8-4-9-22-19)26-20(24-14)25-15-7-3-6-13(21)10-15/h3-4,6-12H,2,5H2,1H3,(H,22,23)(H,24,25,26). The first-order chi connectivity index (χ1) is 12.7. The highest BCUT2D eigenvalue weighted by molar-refractivity contribution is 5.92. The number of benzene rings is 1. The number of halogens is 1. The van der Waals surface area contributed by atoms with E-state index < -0.39 is 0 Å². The molecule has 0 saturated carbocycles. The van der Waals surface area contributed by atoms with Crippen molar-refractivity contribution in [2.45, 2.75) is 19.8 Å². The van der Waals surface area contributed by atoms with Gasteiger partial charge in [0.15, 0.2) is 0 Å². The first-order valence-electron chi connectivity index (χ1n) is 8.56. The molecule has 0 unspecified atom stereocenters. The van der Waals surface area contributed by atoms with E-state index in [1.807, 2.05) is 24.4 Å². The summed E-state index contributed by atoms with van der Waals surface area (Å²) in [6, 6.07) is 12.2. The van der Waals surface area contributed by atoms with Crippen molar-refractivity contribution in [1.82, 2.24) is 19.9 Å². The van der Waals surface area contributed by atoms with Crippen LogP contribution in [-0.4, -0.2) is 19.9 Å². The van der Waals surface area contributed by atoms with Crippen molar-refractivity contribution < 1.29 is 4.39 Å². The van der Waals surface area contributed by atoms with Crippen LogP contribution >= 0.6 is 0 Å². The molecule has 26 heavy (non-hydrogen) atoms. The number of aromatic amines is 1. The highest BCUT2D eigenvalue weighted by Gasteiger charge is 2.12. The lowest BCUT2D eigenvalue weighted by Gasteiger charge is -2.09. The minimum Gasteiger partial charge on any atom is -0.345 e. The van der Waals surface area contributed by atoms with Crippen LogP contribution in [0.5, 0.6) is 0 Å². The number of rotatable bonds is 5. The molecule has 0 atom stereocenters. The van der Waals surface area contributed by atoms with Crippen molar-refractivity contribution >= 4 is 22.7 Å². The van der Waals surface area contributed by atoms with E-state index in [4.69, 9.17) is 0 Å². The summed E-state index contributed by atoms with van der Waals surface area (Å²) in [4.78, 5) is 16.7. The molecule has 130 valence electrons. The zero-order valence-corrected chi connectivity index (χ0v) is 14.3. The van der Waals surface area contributed by atoms with Gasteiger partial charge in [-0.05, 0) is 42.8 Å². The Hall–Kier alpha value is -3.28. The van der Waals surface area contributed by atoms with Crippen LogP contribution in [-0.2, 0) is 6.42 Å². The molecule has 0 aliphatic heterocycles. The monoisotopic (exact) mass is 347 g/mol. The molecule has 0 aliphatic carbocycles. The van der Waals surface area contributed by atoms with Gasteiger partial charge in [0.1, 0.15) is 11.5 Å². The predicted octanol–water partition coefficient (Wildman–Crippen LogP) is 4.86. The van der Waals surface area contributed by atoms with Gasteiger partial charge in [0.25, 0.3) is 0 Å². The number of fused-ring (bicyclic) bond motifs is 1. The van der Waals surface area contributed by atoms with Crippen LogP contribution in [0.15, 0.2) is 54.9 Å². The van der Waals surface area contributed by atoms with Gasteiger partial charge in [0.2, 0.25) is 5.95 Å². The number of aromatic nitrogens is 4. The first kappa shape index (κ1) is 16.2. The summed E-state index contributed by atoms with van der Waals surface area (Å²) in [6.45, 7) is 2.11. The summed E-state index contributed by atoms with van der Waals surface area (Å²) in [5.41, 5.74) is 4.15. The molecule has 0 saturated heterocycles. The lowest BCUT2D eigenvalue weighted by Crippen LogP contribution is -2.02. The normalized spacial score (nSPS) is 11.0. The van der Waals surface area contributed by atoms with Crippen LogP contribution in [0.4, 0.5) is 16.0 Å². The zero-order chi connectivity index (χ0) is 17.9. The highest BCUT2D eigenvalue weighted by atomic mass is 19.1. The topological polar surface area (TPSA) is 66.5 Å². The maximum Gasteiger partial charge on any atom is 0.227 e. The summed E-state index contributed by atoms with van der Waals surface area (Å²) >= 11 is 0. The van der Waals surface area contributed by atoms with Gasteiger partial charge < -0.3 is 10.3 Å². The second-order valence-corrected chi connectivity index (χ2v) is 6.06.